The molecule has 0 bridgehead atoms. The molecule has 0 aromatic heterocycles. The molecule has 0 amide bonds. The molecule has 1 aliphatic heterocycles. The highest BCUT2D eigenvalue weighted by Crippen LogP contribution is 2.23. The number of piperidine rings is 1. The average molecular weight is 282 g/mol. The lowest BCUT2D eigenvalue weighted by Gasteiger charge is -2.35. The molecular weight excluding hydrogens is 258 g/mol. The van der Waals surface area contributed by atoms with Crippen molar-refractivity contribution in [1.82, 2.24) is 4.90 Å². The monoisotopic (exact) mass is 282 g/mol. The van der Waals surface area contributed by atoms with Crippen molar-refractivity contribution in [2.45, 2.75) is 32.7 Å². The lowest BCUT2D eigenvalue weighted by atomic mass is 9.91. The highest BCUT2D eigenvalue weighted by atomic mass is 19.1. The quantitative estimate of drug-likeness (QED) is 0.918. The van der Waals surface area contributed by atoms with Crippen LogP contribution < -0.4 is 5.73 Å². The maximum Gasteiger partial charge on any atom is 0.126 e. The number of hydrogen-bond donors (Lipinski definition) is 1. The van der Waals surface area contributed by atoms with Gasteiger partial charge in [-0.15, -0.1) is 0 Å². The van der Waals surface area contributed by atoms with Crippen LogP contribution in [0.2, 0.25) is 0 Å². The Morgan fingerprint density at radius 1 is 1.15 bits per heavy atom. The SMILES string of the molecule is CC1CC(C)CN(CCC(N)c2cc(F)cc(F)c2)C1. The highest BCUT2D eigenvalue weighted by molar-refractivity contribution is 5.21. The van der Waals surface area contributed by atoms with Gasteiger partial charge in [-0.1, -0.05) is 13.8 Å². The van der Waals surface area contributed by atoms with Crippen molar-refractivity contribution >= 4 is 0 Å². The Morgan fingerprint density at radius 3 is 2.25 bits per heavy atom. The maximum absolute atomic E-state index is 13.2. The van der Waals surface area contributed by atoms with Crippen molar-refractivity contribution in [1.29, 1.82) is 0 Å². The third-order valence-corrected chi connectivity index (χ3v) is 4.01. The van der Waals surface area contributed by atoms with Crippen LogP contribution in [0.4, 0.5) is 8.78 Å². The first-order valence-electron chi connectivity index (χ1n) is 7.38. The van der Waals surface area contributed by atoms with E-state index in [0.29, 0.717) is 17.4 Å². The molecule has 2 rings (SSSR count). The van der Waals surface area contributed by atoms with E-state index in [1.54, 1.807) is 0 Å². The number of nitrogens with two attached hydrogens (primary N) is 1. The molecule has 1 aliphatic rings. The van der Waals surface area contributed by atoms with Crippen molar-refractivity contribution in [3.8, 4) is 0 Å². The van der Waals surface area contributed by atoms with Crippen LogP contribution in [0, 0.1) is 23.5 Å². The largest absolute Gasteiger partial charge is 0.324 e. The minimum absolute atomic E-state index is 0.312. The molecule has 0 aliphatic carbocycles. The van der Waals surface area contributed by atoms with Crippen molar-refractivity contribution in [2.75, 3.05) is 19.6 Å². The van der Waals surface area contributed by atoms with Gasteiger partial charge in [-0.25, -0.2) is 8.78 Å². The van der Waals surface area contributed by atoms with Crippen molar-refractivity contribution in [3.05, 3.63) is 35.4 Å². The smallest absolute Gasteiger partial charge is 0.126 e. The lowest BCUT2D eigenvalue weighted by molar-refractivity contribution is 0.137. The molecule has 3 unspecified atom stereocenters. The van der Waals surface area contributed by atoms with Gasteiger partial charge in [0.1, 0.15) is 11.6 Å². The molecule has 1 aromatic rings. The molecule has 1 fully saturated rings. The Kier molecular flexibility index (Phi) is 5.11. The fraction of sp³-hybridized carbons (Fsp3) is 0.625. The number of benzene rings is 1. The Balaban J connectivity index is 1.89. The molecule has 2 N–H and O–H groups in total. The van der Waals surface area contributed by atoms with E-state index in [4.69, 9.17) is 5.73 Å². The summed E-state index contributed by atoms with van der Waals surface area (Å²) in [6.45, 7) is 7.60. The van der Waals surface area contributed by atoms with E-state index < -0.39 is 11.6 Å². The summed E-state index contributed by atoms with van der Waals surface area (Å²) in [6, 6.07) is 3.22. The van der Waals surface area contributed by atoms with E-state index >= 15 is 0 Å². The first kappa shape index (κ1) is 15.4. The van der Waals surface area contributed by atoms with Gasteiger partial charge in [-0.2, -0.15) is 0 Å². The highest BCUT2D eigenvalue weighted by Gasteiger charge is 2.22. The van der Waals surface area contributed by atoms with Crippen LogP contribution in [0.1, 0.15) is 38.3 Å². The molecule has 0 radical (unpaired) electrons. The van der Waals surface area contributed by atoms with E-state index in [1.807, 2.05) is 0 Å². The van der Waals surface area contributed by atoms with Gasteiger partial charge < -0.3 is 10.6 Å². The molecule has 3 atom stereocenters. The van der Waals surface area contributed by atoms with Crippen LogP contribution in [0.25, 0.3) is 0 Å². The van der Waals surface area contributed by atoms with E-state index in [0.717, 1.165) is 32.1 Å². The van der Waals surface area contributed by atoms with Gasteiger partial charge >= 0.3 is 0 Å². The topological polar surface area (TPSA) is 29.3 Å². The fourth-order valence-electron chi connectivity index (χ4n) is 3.25. The molecule has 1 heterocycles. The number of nitrogens with zero attached hydrogens (tertiary/aromatic N) is 1. The van der Waals surface area contributed by atoms with Gasteiger partial charge in [0.15, 0.2) is 0 Å². The molecule has 4 heteroatoms. The molecule has 2 nitrogen and oxygen atoms in total. The van der Waals surface area contributed by atoms with Crippen LogP contribution in [-0.2, 0) is 0 Å². The summed E-state index contributed by atoms with van der Waals surface area (Å²) in [5.74, 6) is 0.300. The van der Waals surface area contributed by atoms with E-state index in [1.165, 1.54) is 18.6 Å². The van der Waals surface area contributed by atoms with Crippen LogP contribution >= 0.6 is 0 Å². The van der Waals surface area contributed by atoms with Gasteiger partial charge in [0, 0.05) is 25.2 Å². The number of halogens is 2. The number of hydrogen-bond acceptors (Lipinski definition) is 2. The summed E-state index contributed by atoms with van der Waals surface area (Å²) in [6.07, 6.45) is 2.00. The summed E-state index contributed by atoms with van der Waals surface area (Å²) in [7, 11) is 0. The average Bonchev–Trinajstić information content (AvgIpc) is 2.33. The molecule has 112 valence electrons. The van der Waals surface area contributed by atoms with Crippen LogP contribution in [0.15, 0.2) is 18.2 Å². The molecule has 20 heavy (non-hydrogen) atoms. The predicted octanol–water partition coefficient (Wildman–Crippen LogP) is 3.33. The van der Waals surface area contributed by atoms with E-state index in [-0.39, 0.29) is 6.04 Å². The Morgan fingerprint density at radius 2 is 1.70 bits per heavy atom. The summed E-state index contributed by atoms with van der Waals surface area (Å²) < 4.78 is 26.4. The van der Waals surface area contributed by atoms with Crippen LogP contribution in [-0.4, -0.2) is 24.5 Å². The zero-order valence-corrected chi connectivity index (χ0v) is 12.3. The lowest BCUT2D eigenvalue weighted by Crippen LogP contribution is -2.39. The normalized spacial score (nSPS) is 25.6. The minimum atomic E-state index is -0.560. The molecular formula is C16H24F2N2. The number of likely N-dealkylation sites (tertiary alicyclic amines) is 1. The van der Waals surface area contributed by atoms with Gasteiger partial charge in [-0.05, 0) is 48.9 Å². The summed E-state index contributed by atoms with van der Waals surface area (Å²) in [4.78, 5) is 2.41. The minimum Gasteiger partial charge on any atom is -0.324 e. The first-order chi connectivity index (χ1) is 9.44. The second-order valence-corrected chi connectivity index (χ2v) is 6.30. The molecule has 0 spiro atoms. The van der Waals surface area contributed by atoms with Crippen LogP contribution in [0.5, 0.6) is 0 Å². The zero-order valence-electron chi connectivity index (χ0n) is 12.3. The zero-order chi connectivity index (χ0) is 14.7. The Hall–Kier alpha value is -1.00. The van der Waals surface area contributed by atoms with Gasteiger partial charge in [0.2, 0.25) is 0 Å². The molecule has 1 aromatic carbocycles. The summed E-state index contributed by atoms with van der Waals surface area (Å²) in [5, 5.41) is 0. The molecule has 1 saturated heterocycles. The Bertz CT molecular complexity index is 420. The van der Waals surface area contributed by atoms with Gasteiger partial charge in [0.25, 0.3) is 0 Å². The van der Waals surface area contributed by atoms with Gasteiger partial charge in [-0.3, -0.25) is 0 Å². The predicted molar refractivity (Wildman–Crippen MR) is 77.3 cm³/mol. The number of rotatable bonds is 4. The summed E-state index contributed by atoms with van der Waals surface area (Å²) >= 11 is 0. The van der Waals surface area contributed by atoms with Crippen LogP contribution in [0.3, 0.4) is 0 Å². The van der Waals surface area contributed by atoms with Crippen molar-refractivity contribution in [3.63, 3.8) is 0 Å². The van der Waals surface area contributed by atoms with E-state index in [2.05, 4.69) is 18.7 Å². The second-order valence-electron chi connectivity index (χ2n) is 6.30. The Labute approximate surface area is 120 Å². The third kappa shape index (κ3) is 4.25. The summed E-state index contributed by atoms with van der Waals surface area (Å²) in [5.41, 5.74) is 6.60. The van der Waals surface area contributed by atoms with Gasteiger partial charge in [0.05, 0.1) is 0 Å². The van der Waals surface area contributed by atoms with Crippen molar-refractivity contribution in [2.24, 2.45) is 17.6 Å². The van der Waals surface area contributed by atoms with Crippen molar-refractivity contribution < 1.29 is 8.78 Å². The van der Waals surface area contributed by atoms with E-state index in [9.17, 15) is 8.78 Å². The fourth-order valence-corrected chi connectivity index (χ4v) is 3.25. The first-order valence-corrected chi connectivity index (χ1v) is 7.38. The standard InChI is InChI=1S/C16H24F2N2/c1-11-5-12(2)10-20(9-11)4-3-16(19)13-6-14(17)8-15(18)7-13/h6-8,11-12,16H,3-5,9-10,19H2,1-2H3. The maximum atomic E-state index is 13.2. The molecule has 0 saturated carbocycles. The third-order valence-electron chi connectivity index (χ3n) is 4.01. The second kappa shape index (κ2) is 6.64.